The number of phosphoric acid groups is 1. The van der Waals surface area contributed by atoms with Crippen molar-refractivity contribution in [3.63, 3.8) is 0 Å². The van der Waals surface area contributed by atoms with Crippen LogP contribution in [0.25, 0.3) is 0 Å². The predicted octanol–water partition coefficient (Wildman–Crippen LogP) is 15.5. The van der Waals surface area contributed by atoms with Gasteiger partial charge in [-0.15, -0.1) is 0 Å². The van der Waals surface area contributed by atoms with E-state index in [1.807, 2.05) is 21.1 Å². The molecule has 0 spiro atoms. The molecule has 0 rings (SSSR count). The molecule has 0 fully saturated rings. The molecule has 0 aliphatic rings. The lowest BCUT2D eigenvalue weighted by atomic mass is 10.0. The molecule has 374 valence electrons. The Hall–Kier alpha value is -1.25. The van der Waals surface area contributed by atoms with Crippen LogP contribution in [0.3, 0.4) is 0 Å². The number of quaternary nitrogens is 1. The van der Waals surface area contributed by atoms with Gasteiger partial charge in [0.25, 0.3) is 7.82 Å². The monoisotopic (exact) mass is 914 g/mol. The molecule has 10 heteroatoms. The number of allylic oxidation sites excluding steroid dienone is 2. The van der Waals surface area contributed by atoms with Crippen LogP contribution in [0.1, 0.15) is 264 Å². The second-order valence-electron chi connectivity index (χ2n) is 19.6. The van der Waals surface area contributed by atoms with Gasteiger partial charge in [-0.2, -0.15) is 0 Å². The first kappa shape index (κ1) is 61.8. The lowest BCUT2D eigenvalue weighted by molar-refractivity contribution is -0.870. The summed E-state index contributed by atoms with van der Waals surface area (Å²) >= 11 is 0. The van der Waals surface area contributed by atoms with E-state index < -0.39 is 26.5 Å². The molecule has 0 aromatic heterocycles. The summed E-state index contributed by atoms with van der Waals surface area (Å²) in [5, 5.41) is 0. The Bertz CT molecular complexity index is 1080. The Labute approximate surface area is 390 Å². The molecule has 0 saturated heterocycles. The number of carbonyl (C=O) groups excluding carboxylic acids is 2. The lowest BCUT2D eigenvalue weighted by Gasteiger charge is -2.28. The standard InChI is InChI=1S/C53H104NO8P/c1-6-8-10-12-14-16-18-19-20-21-22-23-24-25-26-27-28-29-30-31-32-33-34-36-37-39-41-43-45-52(55)59-49-51(50-61-63(57,58)60-48-47-54(3,4)5)62-53(56)46-44-42-40-38-35-17-15-13-11-9-7-2/h13,15,51H,6-12,14,16-50H2,1-5H3/b15-13-. The number of rotatable bonds is 50. The second kappa shape index (κ2) is 45.9. The van der Waals surface area contributed by atoms with E-state index in [2.05, 4.69) is 26.0 Å². The third-order valence-corrected chi connectivity index (χ3v) is 13.0. The summed E-state index contributed by atoms with van der Waals surface area (Å²) in [6.07, 6.45) is 51.3. The van der Waals surface area contributed by atoms with Gasteiger partial charge in [0.2, 0.25) is 0 Å². The van der Waals surface area contributed by atoms with E-state index in [1.165, 1.54) is 173 Å². The fourth-order valence-electron chi connectivity index (χ4n) is 7.82. The summed E-state index contributed by atoms with van der Waals surface area (Å²) in [5.74, 6) is -0.832. The van der Waals surface area contributed by atoms with Gasteiger partial charge in [-0.25, -0.2) is 0 Å². The van der Waals surface area contributed by atoms with Gasteiger partial charge in [0, 0.05) is 12.8 Å². The van der Waals surface area contributed by atoms with Gasteiger partial charge in [0.1, 0.15) is 19.8 Å². The molecule has 0 aliphatic heterocycles. The molecule has 63 heavy (non-hydrogen) atoms. The summed E-state index contributed by atoms with van der Waals surface area (Å²) in [4.78, 5) is 37.6. The normalized spacial score (nSPS) is 13.4. The van der Waals surface area contributed by atoms with Crippen LogP contribution in [0.2, 0.25) is 0 Å². The molecule has 9 nitrogen and oxygen atoms in total. The Morgan fingerprint density at radius 2 is 0.825 bits per heavy atom. The molecule has 0 aromatic rings. The van der Waals surface area contributed by atoms with Crippen molar-refractivity contribution in [2.24, 2.45) is 0 Å². The zero-order valence-corrected chi connectivity index (χ0v) is 43.2. The highest BCUT2D eigenvalue weighted by molar-refractivity contribution is 7.45. The number of unbranched alkanes of at least 4 members (excludes halogenated alkanes) is 34. The summed E-state index contributed by atoms with van der Waals surface area (Å²) in [6, 6.07) is 0. The SMILES string of the molecule is CCCC/C=C\CCCCCCCC(=O)OC(COC(=O)CCCCCCCCCCCCCCCCCCCCCCCCCCCCCC)COP(=O)([O-])OCC[N+](C)(C)C. The van der Waals surface area contributed by atoms with Crippen LogP contribution < -0.4 is 4.89 Å². The number of carbonyl (C=O) groups is 2. The van der Waals surface area contributed by atoms with Crippen molar-refractivity contribution in [1.29, 1.82) is 0 Å². The van der Waals surface area contributed by atoms with Crippen LogP contribution in [-0.2, 0) is 32.7 Å². The highest BCUT2D eigenvalue weighted by Gasteiger charge is 2.21. The van der Waals surface area contributed by atoms with Crippen molar-refractivity contribution in [3.8, 4) is 0 Å². The number of esters is 2. The Balaban J connectivity index is 3.99. The van der Waals surface area contributed by atoms with E-state index in [0.29, 0.717) is 17.4 Å². The third-order valence-electron chi connectivity index (χ3n) is 12.0. The van der Waals surface area contributed by atoms with Crippen molar-refractivity contribution >= 4 is 19.8 Å². The molecular formula is C53H104NO8P. The van der Waals surface area contributed by atoms with E-state index in [1.54, 1.807) is 0 Å². The maximum absolute atomic E-state index is 12.7. The van der Waals surface area contributed by atoms with Gasteiger partial charge in [-0.05, 0) is 32.1 Å². The van der Waals surface area contributed by atoms with Gasteiger partial charge >= 0.3 is 11.9 Å². The molecule has 0 saturated carbocycles. The molecule has 0 radical (unpaired) electrons. The van der Waals surface area contributed by atoms with E-state index >= 15 is 0 Å². The Kier molecular flexibility index (Phi) is 45.0. The van der Waals surface area contributed by atoms with Gasteiger partial charge in [0.15, 0.2) is 6.10 Å². The van der Waals surface area contributed by atoms with E-state index in [-0.39, 0.29) is 32.0 Å². The Morgan fingerprint density at radius 3 is 1.22 bits per heavy atom. The predicted molar refractivity (Wildman–Crippen MR) is 264 cm³/mol. The topological polar surface area (TPSA) is 111 Å². The molecular weight excluding hydrogens is 810 g/mol. The van der Waals surface area contributed by atoms with Crippen molar-refractivity contribution in [3.05, 3.63) is 12.2 Å². The first-order valence-corrected chi connectivity index (χ1v) is 28.4. The number of phosphoric ester groups is 1. The first-order valence-electron chi connectivity index (χ1n) is 26.9. The smallest absolute Gasteiger partial charge is 0.306 e. The zero-order valence-electron chi connectivity index (χ0n) is 42.3. The molecule has 0 heterocycles. The van der Waals surface area contributed by atoms with Crippen LogP contribution in [-0.4, -0.2) is 70.0 Å². The summed E-state index contributed by atoms with van der Waals surface area (Å²) in [5.41, 5.74) is 0. The van der Waals surface area contributed by atoms with E-state index in [9.17, 15) is 19.0 Å². The summed E-state index contributed by atoms with van der Waals surface area (Å²) in [7, 11) is 1.17. The highest BCUT2D eigenvalue weighted by atomic mass is 31.2. The molecule has 2 unspecified atom stereocenters. The number of hydrogen-bond donors (Lipinski definition) is 0. The maximum atomic E-state index is 12.7. The van der Waals surface area contributed by atoms with Crippen molar-refractivity contribution in [2.45, 2.75) is 270 Å². The molecule has 2 atom stereocenters. The second-order valence-corrected chi connectivity index (χ2v) is 21.0. The molecule has 0 amide bonds. The van der Waals surface area contributed by atoms with Crippen molar-refractivity contribution in [1.82, 2.24) is 0 Å². The average molecular weight is 914 g/mol. The first-order chi connectivity index (χ1) is 30.5. The average Bonchev–Trinajstić information content (AvgIpc) is 3.24. The fraction of sp³-hybridized carbons (Fsp3) is 0.925. The zero-order chi connectivity index (χ0) is 46.4. The molecule has 0 aromatic carbocycles. The number of nitrogens with zero attached hydrogens (tertiary/aromatic N) is 1. The van der Waals surface area contributed by atoms with Crippen LogP contribution in [0.5, 0.6) is 0 Å². The lowest BCUT2D eigenvalue weighted by Crippen LogP contribution is -2.37. The Morgan fingerprint density at radius 1 is 0.476 bits per heavy atom. The fourth-order valence-corrected chi connectivity index (χ4v) is 8.54. The molecule has 0 N–H and O–H groups in total. The summed E-state index contributed by atoms with van der Waals surface area (Å²) in [6.45, 7) is 4.22. The van der Waals surface area contributed by atoms with E-state index in [4.69, 9.17) is 18.5 Å². The summed E-state index contributed by atoms with van der Waals surface area (Å²) < 4.78 is 34.0. The van der Waals surface area contributed by atoms with Gasteiger partial charge < -0.3 is 27.9 Å². The third kappa shape index (κ3) is 50.0. The minimum Gasteiger partial charge on any atom is -0.756 e. The molecule has 0 bridgehead atoms. The van der Waals surface area contributed by atoms with Gasteiger partial charge in [-0.1, -0.05) is 231 Å². The van der Waals surface area contributed by atoms with Crippen molar-refractivity contribution < 1.29 is 42.1 Å². The van der Waals surface area contributed by atoms with Gasteiger partial charge in [0.05, 0.1) is 27.7 Å². The number of likely N-dealkylation sites (N-methyl/N-ethyl adjacent to an activating group) is 1. The quantitative estimate of drug-likeness (QED) is 0.0195. The highest BCUT2D eigenvalue weighted by Crippen LogP contribution is 2.38. The van der Waals surface area contributed by atoms with Crippen LogP contribution >= 0.6 is 7.82 Å². The van der Waals surface area contributed by atoms with Crippen LogP contribution in [0.4, 0.5) is 0 Å². The minimum absolute atomic E-state index is 0.0292. The van der Waals surface area contributed by atoms with E-state index in [0.717, 1.165) is 57.8 Å². The van der Waals surface area contributed by atoms with Gasteiger partial charge in [-0.3, -0.25) is 14.2 Å². The number of hydrogen-bond acceptors (Lipinski definition) is 8. The number of ether oxygens (including phenoxy) is 2. The molecule has 0 aliphatic carbocycles. The minimum atomic E-state index is -4.62. The maximum Gasteiger partial charge on any atom is 0.306 e. The largest absolute Gasteiger partial charge is 0.756 e. The van der Waals surface area contributed by atoms with Crippen LogP contribution in [0.15, 0.2) is 12.2 Å². The van der Waals surface area contributed by atoms with Crippen molar-refractivity contribution in [2.75, 3.05) is 47.5 Å². The van der Waals surface area contributed by atoms with Crippen LogP contribution in [0, 0.1) is 0 Å².